The van der Waals surface area contributed by atoms with Gasteiger partial charge in [-0.2, -0.15) is 0 Å². The van der Waals surface area contributed by atoms with E-state index in [1.165, 1.54) is 19.5 Å². The van der Waals surface area contributed by atoms with Gasteiger partial charge in [-0.15, -0.1) is 0 Å². The van der Waals surface area contributed by atoms with Gasteiger partial charge < -0.3 is 9.32 Å². The molecule has 2 aromatic rings. The van der Waals surface area contributed by atoms with E-state index < -0.39 is 0 Å². The van der Waals surface area contributed by atoms with Crippen molar-refractivity contribution in [1.82, 2.24) is 0 Å². The highest BCUT2D eigenvalue weighted by molar-refractivity contribution is 9.10. The number of furan rings is 1. The lowest BCUT2D eigenvalue weighted by molar-refractivity contribution is -0.116. The Labute approximate surface area is 124 Å². The van der Waals surface area contributed by atoms with Crippen LogP contribution in [0.4, 0.5) is 5.69 Å². The van der Waals surface area contributed by atoms with E-state index in [0.717, 1.165) is 22.1 Å². The van der Waals surface area contributed by atoms with Crippen LogP contribution >= 0.6 is 15.9 Å². The van der Waals surface area contributed by atoms with Crippen molar-refractivity contribution >= 4 is 33.3 Å². The van der Waals surface area contributed by atoms with E-state index in [1.807, 2.05) is 6.07 Å². The summed E-state index contributed by atoms with van der Waals surface area (Å²) in [6.45, 7) is 2.20. The van der Waals surface area contributed by atoms with Crippen LogP contribution in [0, 0.1) is 0 Å². The minimum atomic E-state index is -0.121. The summed E-state index contributed by atoms with van der Waals surface area (Å²) in [5.74, 6) is -0.128. The molecule has 2 heterocycles. The van der Waals surface area contributed by atoms with Crippen molar-refractivity contribution in [2.45, 2.75) is 13.3 Å². The lowest BCUT2D eigenvalue weighted by Crippen LogP contribution is -2.25. The molecule has 4 nitrogen and oxygen atoms in total. The number of hydrogen-bond acceptors (Lipinski definition) is 3. The fraction of sp³-hybridized carbons (Fsp3) is 0.200. The van der Waals surface area contributed by atoms with Crippen LogP contribution in [0.5, 0.6) is 0 Å². The van der Waals surface area contributed by atoms with Crippen LogP contribution < -0.4 is 4.90 Å². The largest absolute Gasteiger partial charge is 0.472 e. The average Bonchev–Trinajstić information content (AvgIpc) is 3.05. The highest BCUT2D eigenvalue weighted by Crippen LogP contribution is 2.34. The van der Waals surface area contributed by atoms with Gasteiger partial charge in [-0.3, -0.25) is 9.59 Å². The second-order valence-corrected chi connectivity index (χ2v) is 5.58. The van der Waals surface area contributed by atoms with Crippen LogP contribution in [0.3, 0.4) is 0 Å². The van der Waals surface area contributed by atoms with Gasteiger partial charge in [-0.1, -0.05) is 15.9 Å². The summed E-state index contributed by atoms with van der Waals surface area (Å²) in [6.07, 6.45) is 3.70. The third-order valence-electron chi connectivity index (χ3n) is 3.47. The maximum absolute atomic E-state index is 12.4. The molecule has 20 heavy (non-hydrogen) atoms. The van der Waals surface area contributed by atoms with Crippen molar-refractivity contribution in [1.29, 1.82) is 0 Å². The fourth-order valence-corrected chi connectivity index (χ4v) is 3.03. The van der Waals surface area contributed by atoms with Gasteiger partial charge in [-0.05, 0) is 30.2 Å². The van der Waals surface area contributed by atoms with Gasteiger partial charge in [0.15, 0.2) is 5.78 Å². The monoisotopic (exact) mass is 333 g/mol. The molecule has 3 rings (SSSR count). The summed E-state index contributed by atoms with van der Waals surface area (Å²) in [4.78, 5) is 25.7. The van der Waals surface area contributed by atoms with E-state index in [2.05, 4.69) is 15.9 Å². The Balaban J connectivity index is 2.07. The average molecular weight is 334 g/mol. The molecule has 0 fully saturated rings. The number of fused-ring (bicyclic) bond motifs is 1. The van der Waals surface area contributed by atoms with Crippen molar-refractivity contribution in [3.8, 4) is 0 Å². The molecule has 0 N–H and O–H groups in total. The molecule has 102 valence electrons. The summed E-state index contributed by atoms with van der Waals surface area (Å²) in [5.41, 5.74) is 2.94. The number of hydrogen-bond donors (Lipinski definition) is 0. The van der Waals surface area contributed by atoms with Crippen LogP contribution in [-0.4, -0.2) is 18.2 Å². The molecular formula is C15H12BrNO3. The second-order valence-electron chi connectivity index (χ2n) is 4.72. The number of anilines is 1. The predicted molar refractivity (Wildman–Crippen MR) is 78.0 cm³/mol. The molecule has 1 aromatic carbocycles. The van der Waals surface area contributed by atoms with Crippen molar-refractivity contribution < 1.29 is 14.0 Å². The first kappa shape index (κ1) is 13.1. The van der Waals surface area contributed by atoms with E-state index >= 15 is 0 Å². The van der Waals surface area contributed by atoms with Crippen LogP contribution in [0.25, 0.3) is 0 Å². The molecule has 1 aliphatic heterocycles. The Morgan fingerprint density at radius 3 is 2.80 bits per heavy atom. The number of nitrogens with zero attached hydrogens (tertiary/aromatic N) is 1. The summed E-state index contributed by atoms with van der Waals surface area (Å²) in [5, 5.41) is 0. The van der Waals surface area contributed by atoms with E-state index in [4.69, 9.17) is 4.42 Å². The molecule has 1 amide bonds. The lowest BCUT2D eigenvalue weighted by atomic mass is 10.0. The highest BCUT2D eigenvalue weighted by atomic mass is 79.9. The topological polar surface area (TPSA) is 50.5 Å². The number of rotatable bonds is 2. The van der Waals surface area contributed by atoms with Gasteiger partial charge in [0.25, 0.3) is 0 Å². The quantitative estimate of drug-likeness (QED) is 0.793. The van der Waals surface area contributed by atoms with Crippen LogP contribution in [-0.2, 0) is 11.2 Å². The molecule has 1 aromatic heterocycles. The number of amides is 1. The zero-order valence-corrected chi connectivity index (χ0v) is 12.4. The van der Waals surface area contributed by atoms with Crippen LogP contribution in [0.2, 0.25) is 0 Å². The second kappa shape index (κ2) is 4.90. The third-order valence-corrected chi connectivity index (χ3v) is 4.13. The molecule has 0 saturated heterocycles. The van der Waals surface area contributed by atoms with Crippen LogP contribution in [0.15, 0.2) is 39.6 Å². The lowest BCUT2D eigenvalue weighted by Gasteiger charge is -2.16. The number of carbonyl (C=O) groups excluding carboxylic acids is 2. The summed E-state index contributed by atoms with van der Waals surface area (Å²) in [6, 6.07) is 5.33. The van der Waals surface area contributed by atoms with E-state index in [1.54, 1.807) is 17.0 Å². The highest BCUT2D eigenvalue weighted by Gasteiger charge is 2.25. The van der Waals surface area contributed by atoms with Gasteiger partial charge in [0, 0.05) is 29.2 Å². The first-order valence-electron chi connectivity index (χ1n) is 6.25. The van der Waals surface area contributed by atoms with Crippen molar-refractivity contribution in [2.75, 3.05) is 11.4 Å². The Morgan fingerprint density at radius 2 is 2.15 bits per heavy atom. The summed E-state index contributed by atoms with van der Waals surface area (Å²) in [7, 11) is 0. The van der Waals surface area contributed by atoms with Gasteiger partial charge in [-0.25, -0.2) is 0 Å². The molecule has 0 saturated carbocycles. The minimum Gasteiger partial charge on any atom is -0.472 e. The molecule has 0 atom stereocenters. The van der Waals surface area contributed by atoms with Crippen molar-refractivity contribution in [2.24, 2.45) is 0 Å². The standard InChI is InChI=1S/C15H12BrNO3/c1-9(18)17-4-2-10-6-13(16)12(7-14(10)17)15(19)11-3-5-20-8-11/h3,5-8H,2,4H2,1H3. The number of halogens is 1. The minimum absolute atomic E-state index is 0.00668. The van der Waals surface area contributed by atoms with E-state index in [-0.39, 0.29) is 11.7 Å². The fourth-order valence-electron chi connectivity index (χ4n) is 2.46. The third kappa shape index (κ3) is 2.08. The molecule has 0 unspecified atom stereocenters. The Hall–Kier alpha value is -1.88. The number of ketones is 1. The SMILES string of the molecule is CC(=O)N1CCc2cc(Br)c(C(=O)c3ccoc3)cc21. The number of carbonyl (C=O) groups is 2. The molecule has 0 bridgehead atoms. The molecular weight excluding hydrogens is 322 g/mol. The zero-order chi connectivity index (χ0) is 14.3. The van der Waals surface area contributed by atoms with E-state index in [9.17, 15) is 9.59 Å². The maximum Gasteiger partial charge on any atom is 0.223 e. The van der Waals surface area contributed by atoms with Gasteiger partial charge in [0.05, 0.1) is 11.8 Å². The van der Waals surface area contributed by atoms with Gasteiger partial charge in [0.1, 0.15) is 6.26 Å². The van der Waals surface area contributed by atoms with E-state index in [0.29, 0.717) is 17.7 Å². The molecule has 0 radical (unpaired) electrons. The smallest absolute Gasteiger partial charge is 0.223 e. The first-order valence-corrected chi connectivity index (χ1v) is 7.04. The Bertz CT molecular complexity index is 691. The van der Waals surface area contributed by atoms with Crippen molar-refractivity contribution in [3.05, 3.63) is 51.9 Å². The molecule has 1 aliphatic rings. The summed E-state index contributed by atoms with van der Waals surface area (Å²) >= 11 is 3.44. The predicted octanol–water partition coefficient (Wildman–Crippen LogP) is 3.18. The van der Waals surface area contributed by atoms with Crippen LogP contribution in [0.1, 0.15) is 28.4 Å². The van der Waals surface area contributed by atoms with Gasteiger partial charge >= 0.3 is 0 Å². The Morgan fingerprint density at radius 1 is 1.35 bits per heavy atom. The maximum atomic E-state index is 12.4. The van der Waals surface area contributed by atoms with Crippen molar-refractivity contribution in [3.63, 3.8) is 0 Å². The first-order chi connectivity index (χ1) is 9.58. The Kier molecular flexibility index (Phi) is 3.22. The van der Waals surface area contributed by atoms with Gasteiger partial charge in [0.2, 0.25) is 5.91 Å². The molecule has 0 aliphatic carbocycles. The normalized spacial score (nSPS) is 13.4. The molecule has 5 heteroatoms. The zero-order valence-electron chi connectivity index (χ0n) is 10.9. The summed E-state index contributed by atoms with van der Waals surface area (Å²) < 4.78 is 5.69. The number of benzene rings is 1. The molecule has 0 spiro atoms.